The summed E-state index contributed by atoms with van der Waals surface area (Å²) in [7, 11) is 0. The zero-order valence-electron chi connectivity index (χ0n) is 18.0. The molecule has 0 aromatic heterocycles. The quantitative estimate of drug-likeness (QED) is 0.409. The number of carbonyl (C=O) groups excluding carboxylic acids is 1. The van der Waals surface area contributed by atoms with Crippen LogP contribution < -0.4 is 5.32 Å². The van der Waals surface area contributed by atoms with E-state index in [1.165, 1.54) is 29.5 Å². The second-order valence-electron chi connectivity index (χ2n) is 8.99. The molecular formula is C27H26FN3O. The van der Waals surface area contributed by atoms with E-state index in [9.17, 15) is 9.18 Å². The van der Waals surface area contributed by atoms with E-state index in [2.05, 4.69) is 47.5 Å². The molecule has 2 N–H and O–H groups in total. The number of nitrogens with one attached hydrogen (secondary N) is 2. The summed E-state index contributed by atoms with van der Waals surface area (Å²) in [6.07, 6.45) is 2.47. The van der Waals surface area contributed by atoms with Crippen molar-refractivity contribution >= 4 is 23.9 Å². The maximum Gasteiger partial charge on any atom is 0.124 e. The molecule has 2 aliphatic rings. The molecule has 3 atom stereocenters. The molecule has 0 bridgehead atoms. The lowest BCUT2D eigenvalue weighted by molar-refractivity contribution is -0.109. The summed E-state index contributed by atoms with van der Waals surface area (Å²) >= 11 is 0. The number of rotatable bonds is 7. The number of piperidine rings is 1. The maximum atomic E-state index is 13.3. The molecule has 32 heavy (non-hydrogen) atoms. The number of aldehydes is 1. The summed E-state index contributed by atoms with van der Waals surface area (Å²) in [6.45, 7) is 4.71. The molecule has 162 valence electrons. The van der Waals surface area contributed by atoms with Crippen molar-refractivity contribution in [3.05, 3.63) is 94.8 Å². The van der Waals surface area contributed by atoms with Gasteiger partial charge in [-0.25, -0.2) is 4.39 Å². The second kappa shape index (κ2) is 7.99. The minimum atomic E-state index is -0.283. The number of nitrogens with zero attached hydrogens (tertiary/aromatic N) is 1. The van der Waals surface area contributed by atoms with E-state index in [0.29, 0.717) is 5.92 Å². The zero-order valence-corrected chi connectivity index (χ0v) is 18.0. The van der Waals surface area contributed by atoms with Crippen LogP contribution in [0.5, 0.6) is 0 Å². The molecule has 1 saturated heterocycles. The first-order valence-corrected chi connectivity index (χ1v) is 10.9. The first-order valence-electron chi connectivity index (χ1n) is 10.9. The highest BCUT2D eigenvalue weighted by molar-refractivity contribution is 5.89. The Morgan fingerprint density at radius 3 is 2.59 bits per heavy atom. The summed E-state index contributed by atoms with van der Waals surface area (Å²) in [5.41, 5.74) is 5.72. The Morgan fingerprint density at radius 1 is 1.16 bits per heavy atom. The summed E-state index contributed by atoms with van der Waals surface area (Å²) in [4.78, 5) is 14.4. The highest BCUT2D eigenvalue weighted by atomic mass is 19.1. The average molecular weight is 428 g/mol. The molecule has 5 heteroatoms. The summed E-state index contributed by atoms with van der Waals surface area (Å²) < 4.78 is 13.3. The Kier molecular flexibility index (Phi) is 5.14. The van der Waals surface area contributed by atoms with E-state index in [4.69, 9.17) is 5.41 Å². The Hall–Kier alpha value is -3.31. The zero-order chi connectivity index (χ0) is 22.3. The van der Waals surface area contributed by atoms with Crippen LogP contribution in [0.1, 0.15) is 22.3 Å². The van der Waals surface area contributed by atoms with Crippen molar-refractivity contribution in [2.75, 3.05) is 18.4 Å². The van der Waals surface area contributed by atoms with Crippen LogP contribution in [-0.4, -0.2) is 30.5 Å². The lowest BCUT2D eigenvalue weighted by Crippen LogP contribution is -2.29. The van der Waals surface area contributed by atoms with Gasteiger partial charge in [-0.2, -0.15) is 0 Å². The summed E-state index contributed by atoms with van der Waals surface area (Å²) in [5, 5.41) is 11.3. The molecule has 3 unspecified atom stereocenters. The first-order chi connectivity index (χ1) is 15.5. The molecule has 1 aliphatic carbocycles. The van der Waals surface area contributed by atoms with Crippen molar-refractivity contribution in [1.82, 2.24) is 4.90 Å². The SMILES string of the molecule is Cc1cc(Nc2ccc(F)cc2)c(C=N)cc1C12CN(Cc3ccccc3)CC1C2C=O. The fraction of sp³-hybridized carbons (Fsp3) is 0.259. The number of carbonyl (C=O) groups is 1. The topological polar surface area (TPSA) is 56.2 Å². The van der Waals surface area contributed by atoms with Gasteiger partial charge in [0.15, 0.2) is 0 Å². The van der Waals surface area contributed by atoms with Gasteiger partial charge in [0.1, 0.15) is 12.1 Å². The van der Waals surface area contributed by atoms with Crippen molar-refractivity contribution in [3.8, 4) is 0 Å². The monoisotopic (exact) mass is 427 g/mol. The van der Waals surface area contributed by atoms with Crippen LogP contribution >= 0.6 is 0 Å². The van der Waals surface area contributed by atoms with Gasteiger partial charge < -0.3 is 15.5 Å². The van der Waals surface area contributed by atoms with E-state index in [1.807, 2.05) is 12.1 Å². The summed E-state index contributed by atoms with van der Waals surface area (Å²) in [6, 6.07) is 20.7. The first kappa shape index (κ1) is 20.6. The number of benzene rings is 3. The van der Waals surface area contributed by atoms with Crippen molar-refractivity contribution in [3.63, 3.8) is 0 Å². The van der Waals surface area contributed by atoms with Crippen LogP contribution in [0.2, 0.25) is 0 Å². The van der Waals surface area contributed by atoms with Crippen LogP contribution in [0.15, 0.2) is 66.7 Å². The van der Waals surface area contributed by atoms with Gasteiger partial charge in [-0.15, -0.1) is 0 Å². The highest BCUT2D eigenvalue weighted by Gasteiger charge is 2.69. The maximum absolute atomic E-state index is 13.3. The molecule has 1 aliphatic heterocycles. The average Bonchev–Trinajstić information content (AvgIpc) is 3.24. The van der Waals surface area contributed by atoms with Crippen molar-refractivity contribution in [2.45, 2.75) is 18.9 Å². The summed E-state index contributed by atoms with van der Waals surface area (Å²) in [5.74, 6) is 0.0639. The van der Waals surface area contributed by atoms with Crippen LogP contribution in [0.3, 0.4) is 0 Å². The molecule has 2 fully saturated rings. The van der Waals surface area contributed by atoms with Crippen molar-refractivity contribution in [1.29, 1.82) is 5.41 Å². The minimum Gasteiger partial charge on any atom is -0.355 e. The molecule has 3 aromatic rings. The fourth-order valence-corrected chi connectivity index (χ4v) is 5.55. The second-order valence-corrected chi connectivity index (χ2v) is 8.99. The predicted octanol–water partition coefficient (Wildman–Crippen LogP) is 5.07. The molecule has 5 rings (SSSR count). The number of hydrogen-bond acceptors (Lipinski definition) is 4. The molecule has 1 saturated carbocycles. The third kappa shape index (κ3) is 3.43. The molecule has 1 heterocycles. The lowest BCUT2D eigenvalue weighted by atomic mass is 9.87. The molecule has 0 amide bonds. The Balaban J connectivity index is 1.44. The highest BCUT2D eigenvalue weighted by Crippen LogP contribution is 2.64. The van der Waals surface area contributed by atoms with Crippen molar-refractivity contribution < 1.29 is 9.18 Å². The van der Waals surface area contributed by atoms with Crippen LogP contribution in [-0.2, 0) is 16.8 Å². The third-order valence-corrected chi connectivity index (χ3v) is 7.09. The van der Waals surface area contributed by atoms with Gasteiger partial charge in [0.05, 0.1) is 0 Å². The van der Waals surface area contributed by atoms with Crippen LogP contribution in [0.4, 0.5) is 15.8 Å². The van der Waals surface area contributed by atoms with Gasteiger partial charge >= 0.3 is 0 Å². The van der Waals surface area contributed by atoms with Gasteiger partial charge in [-0.3, -0.25) is 4.90 Å². The van der Waals surface area contributed by atoms with E-state index in [-0.39, 0.29) is 17.2 Å². The number of likely N-dealkylation sites (tertiary alicyclic amines) is 1. The third-order valence-electron chi connectivity index (χ3n) is 7.09. The Labute approximate surface area is 187 Å². The molecule has 0 spiro atoms. The Bertz CT molecular complexity index is 1160. The van der Waals surface area contributed by atoms with Gasteiger partial charge in [0.25, 0.3) is 0 Å². The molecule has 3 aromatic carbocycles. The van der Waals surface area contributed by atoms with Crippen LogP contribution in [0, 0.1) is 30.0 Å². The number of hydrogen-bond donors (Lipinski definition) is 2. The van der Waals surface area contributed by atoms with Crippen LogP contribution in [0.25, 0.3) is 0 Å². The van der Waals surface area contributed by atoms with E-state index in [1.54, 1.807) is 12.1 Å². The van der Waals surface area contributed by atoms with E-state index in [0.717, 1.165) is 48.4 Å². The van der Waals surface area contributed by atoms with E-state index >= 15 is 0 Å². The minimum absolute atomic E-state index is 0.0303. The predicted molar refractivity (Wildman–Crippen MR) is 125 cm³/mol. The number of anilines is 2. The number of fused-ring (bicyclic) bond motifs is 1. The molecule has 0 radical (unpaired) electrons. The molecule has 4 nitrogen and oxygen atoms in total. The number of aryl methyl sites for hydroxylation is 1. The lowest BCUT2D eigenvalue weighted by Gasteiger charge is -2.25. The van der Waals surface area contributed by atoms with Gasteiger partial charge in [0.2, 0.25) is 0 Å². The molecular weight excluding hydrogens is 401 g/mol. The van der Waals surface area contributed by atoms with Crippen molar-refractivity contribution in [2.24, 2.45) is 11.8 Å². The van der Waals surface area contributed by atoms with Gasteiger partial charge in [-0.1, -0.05) is 30.3 Å². The smallest absolute Gasteiger partial charge is 0.124 e. The van der Waals surface area contributed by atoms with E-state index < -0.39 is 0 Å². The normalized spacial score (nSPS) is 24.1. The standard InChI is InChI=1S/C27H26FN3O/c1-18-11-26(30-22-9-7-21(28)8-10-22)20(13-29)12-23(18)27-17-31(15-24(27)25(27)16-32)14-19-5-3-2-4-6-19/h2-13,16,24-25,29-30H,14-15,17H2,1H3. The number of halogens is 1. The van der Waals surface area contributed by atoms with Gasteiger partial charge in [-0.05, 0) is 65.9 Å². The van der Waals surface area contributed by atoms with Gasteiger partial charge in [0, 0.05) is 54.1 Å². The Morgan fingerprint density at radius 2 is 1.91 bits per heavy atom. The largest absolute Gasteiger partial charge is 0.355 e. The fourth-order valence-electron chi connectivity index (χ4n) is 5.55.